The SMILES string of the molecule is Cc1ccccc1C(C)NS(=O)(=O)Cc1ccccc1N. The van der Waals surface area contributed by atoms with Crippen LogP contribution in [0, 0.1) is 6.92 Å². The maximum Gasteiger partial charge on any atom is 0.216 e. The average molecular weight is 304 g/mol. The van der Waals surface area contributed by atoms with Crippen molar-refractivity contribution in [1.29, 1.82) is 0 Å². The van der Waals surface area contributed by atoms with Crippen molar-refractivity contribution in [1.82, 2.24) is 4.72 Å². The van der Waals surface area contributed by atoms with Gasteiger partial charge in [-0.2, -0.15) is 0 Å². The molecule has 0 saturated heterocycles. The average Bonchev–Trinajstić information content (AvgIpc) is 2.41. The summed E-state index contributed by atoms with van der Waals surface area (Å²) in [6.07, 6.45) is 0. The minimum absolute atomic E-state index is 0.115. The van der Waals surface area contributed by atoms with E-state index in [1.54, 1.807) is 24.3 Å². The zero-order chi connectivity index (χ0) is 15.5. The van der Waals surface area contributed by atoms with E-state index in [0.29, 0.717) is 11.3 Å². The number of para-hydroxylation sites is 1. The fourth-order valence-electron chi connectivity index (χ4n) is 2.32. The Hall–Kier alpha value is -1.85. The second-order valence-corrected chi connectivity index (χ2v) is 6.91. The van der Waals surface area contributed by atoms with Crippen LogP contribution in [0.25, 0.3) is 0 Å². The standard InChI is InChI=1S/C16H20N2O2S/c1-12-7-3-5-9-15(12)13(2)18-21(19,20)11-14-8-4-6-10-16(14)17/h3-10,13,18H,11,17H2,1-2H3. The van der Waals surface area contributed by atoms with E-state index >= 15 is 0 Å². The number of nitrogens with one attached hydrogen (secondary N) is 1. The van der Waals surface area contributed by atoms with E-state index in [-0.39, 0.29) is 11.8 Å². The number of rotatable bonds is 5. The molecular formula is C16H20N2O2S. The molecule has 0 aliphatic heterocycles. The monoisotopic (exact) mass is 304 g/mol. The van der Waals surface area contributed by atoms with E-state index in [0.717, 1.165) is 11.1 Å². The Kier molecular flexibility index (Phi) is 4.65. The number of hydrogen-bond donors (Lipinski definition) is 2. The lowest BCUT2D eigenvalue weighted by Gasteiger charge is -2.17. The van der Waals surface area contributed by atoms with Gasteiger partial charge in [-0.25, -0.2) is 13.1 Å². The molecule has 0 spiro atoms. The fourth-order valence-corrected chi connectivity index (χ4v) is 3.74. The summed E-state index contributed by atoms with van der Waals surface area (Å²) in [5.41, 5.74) is 8.94. The zero-order valence-corrected chi connectivity index (χ0v) is 13.0. The molecule has 3 N–H and O–H groups in total. The van der Waals surface area contributed by atoms with E-state index < -0.39 is 10.0 Å². The van der Waals surface area contributed by atoms with Crippen LogP contribution >= 0.6 is 0 Å². The Morgan fingerprint density at radius 2 is 1.71 bits per heavy atom. The predicted octanol–water partition coefficient (Wildman–Crippen LogP) is 2.76. The van der Waals surface area contributed by atoms with Gasteiger partial charge in [0.2, 0.25) is 10.0 Å². The van der Waals surface area contributed by atoms with Crippen LogP contribution in [0.2, 0.25) is 0 Å². The van der Waals surface area contributed by atoms with Gasteiger partial charge < -0.3 is 5.73 Å². The van der Waals surface area contributed by atoms with Gasteiger partial charge in [-0.3, -0.25) is 0 Å². The van der Waals surface area contributed by atoms with Gasteiger partial charge in [0, 0.05) is 11.7 Å². The Bertz CT molecular complexity index is 727. The molecule has 5 heteroatoms. The summed E-state index contributed by atoms with van der Waals surface area (Å²) in [7, 11) is -3.45. The number of nitrogens with two attached hydrogens (primary N) is 1. The van der Waals surface area contributed by atoms with Crippen LogP contribution in [0.3, 0.4) is 0 Å². The molecule has 1 unspecified atom stereocenters. The Morgan fingerprint density at radius 3 is 2.38 bits per heavy atom. The van der Waals surface area contributed by atoms with Crippen LogP contribution < -0.4 is 10.5 Å². The highest BCUT2D eigenvalue weighted by molar-refractivity contribution is 7.88. The highest BCUT2D eigenvalue weighted by Gasteiger charge is 2.18. The summed E-state index contributed by atoms with van der Waals surface area (Å²) in [5, 5.41) is 0. The van der Waals surface area contributed by atoms with Crippen LogP contribution in [0.5, 0.6) is 0 Å². The second kappa shape index (κ2) is 6.28. The number of nitrogen functional groups attached to an aromatic ring is 1. The van der Waals surface area contributed by atoms with Crippen molar-refractivity contribution >= 4 is 15.7 Å². The van der Waals surface area contributed by atoms with Crippen molar-refractivity contribution in [3.8, 4) is 0 Å². The minimum atomic E-state index is -3.45. The van der Waals surface area contributed by atoms with Gasteiger partial charge in [0.1, 0.15) is 0 Å². The lowest BCUT2D eigenvalue weighted by Crippen LogP contribution is -2.28. The normalized spacial score (nSPS) is 13.0. The first kappa shape index (κ1) is 15.5. The summed E-state index contributed by atoms with van der Waals surface area (Å²) in [4.78, 5) is 0. The van der Waals surface area contributed by atoms with E-state index in [2.05, 4.69) is 4.72 Å². The Labute approximate surface area is 126 Å². The molecule has 112 valence electrons. The van der Waals surface area contributed by atoms with Crippen molar-refractivity contribution in [3.63, 3.8) is 0 Å². The van der Waals surface area contributed by atoms with E-state index in [9.17, 15) is 8.42 Å². The van der Waals surface area contributed by atoms with E-state index in [1.165, 1.54) is 0 Å². The van der Waals surface area contributed by atoms with Crippen molar-refractivity contribution < 1.29 is 8.42 Å². The molecule has 2 aromatic rings. The van der Waals surface area contributed by atoms with Crippen LogP contribution in [0.15, 0.2) is 48.5 Å². The summed E-state index contributed by atoms with van der Waals surface area (Å²) in [5.74, 6) is -0.115. The van der Waals surface area contributed by atoms with Gasteiger partial charge in [0.15, 0.2) is 0 Å². The molecule has 4 nitrogen and oxygen atoms in total. The van der Waals surface area contributed by atoms with E-state index in [4.69, 9.17) is 5.73 Å². The smallest absolute Gasteiger partial charge is 0.216 e. The van der Waals surface area contributed by atoms with Crippen molar-refractivity contribution in [2.75, 3.05) is 5.73 Å². The number of aryl methyl sites for hydroxylation is 1. The van der Waals surface area contributed by atoms with Crippen LogP contribution in [0.4, 0.5) is 5.69 Å². The largest absolute Gasteiger partial charge is 0.398 e. The lowest BCUT2D eigenvalue weighted by atomic mass is 10.0. The van der Waals surface area contributed by atoms with Gasteiger partial charge in [-0.05, 0) is 36.6 Å². The molecule has 21 heavy (non-hydrogen) atoms. The molecule has 0 fully saturated rings. The maximum absolute atomic E-state index is 12.3. The third-order valence-corrected chi connectivity index (χ3v) is 4.82. The predicted molar refractivity (Wildman–Crippen MR) is 86.2 cm³/mol. The number of benzene rings is 2. The quantitative estimate of drug-likeness (QED) is 0.834. The molecular weight excluding hydrogens is 284 g/mol. The summed E-state index contributed by atoms with van der Waals surface area (Å²) in [6.45, 7) is 3.81. The van der Waals surface area contributed by atoms with Gasteiger partial charge in [-0.15, -0.1) is 0 Å². The topological polar surface area (TPSA) is 72.2 Å². The molecule has 0 amide bonds. The summed E-state index contributed by atoms with van der Waals surface area (Å²) < 4.78 is 27.3. The minimum Gasteiger partial charge on any atom is -0.398 e. The molecule has 2 aromatic carbocycles. The first-order chi connectivity index (χ1) is 9.89. The maximum atomic E-state index is 12.3. The van der Waals surface area contributed by atoms with Crippen molar-refractivity contribution in [2.45, 2.75) is 25.6 Å². The second-order valence-electron chi connectivity index (χ2n) is 5.15. The first-order valence-corrected chi connectivity index (χ1v) is 8.43. The number of sulfonamides is 1. The third kappa shape index (κ3) is 4.06. The number of anilines is 1. The molecule has 0 bridgehead atoms. The van der Waals surface area contributed by atoms with Crippen LogP contribution in [0.1, 0.15) is 29.7 Å². The molecule has 0 aliphatic carbocycles. The van der Waals surface area contributed by atoms with Gasteiger partial charge in [0.05, 0.1) is 5.75 Å². The summed E-state index contributed by atoms with van der Waals surface area (Å²) in [6, 6.07) is 14.5. The molecule has 0 saturated carbocycles. The Balaban J connectivity index is 2.15. The van der Waals surface area contributed by atoms with Crippen molar-refractivity contribution in [3.05, 3.63) is 65.2 Å². The van der Waals surface area contributed by atoms with E-state index in [1.807, 2.05) is 38.1 Å². The van der Waals surface area contributed by atoms with Crippen LogP contribution in [-0.4, -0.2) is 8.42 Å². The Morgan fingerprint density at radius 1 is 1.10 bits per heavy atom. The lowest BCUT2D eigenvalue weighted by molar-refractivity contribution is 0.565. The first-order valence-electron chi connectivity index (χ1n) is 6.78. The highest BCUT2D eigenvalue weighted by atomic mass is 32.2. The summed E-state index contributed by atoms with van der Waals surface area (Å²) >= 11 is 0. The number of hydrogen-bond acceptors (Lipinski definition) is 3. The molecule has 1 atom stereocenters. The third-order valence-electron chi connectivity index (χ3n) is 3.41. The zero-order valence-electron chi connectivity index (χ0n) is 12.2. The molecule has 0 aromatic heterocycles. The van der Waals surface area contributed by atoms with Gasteiger partial charge in [-0.1, -0.05) is 42.5 Å². The molecule has 2 rings (SSSR count). The van der Waals surface area contributed by atoms with Gasteiger partial charge >= 0.3 is 0 Å². The van der Waals surface area contributed by atoms with Crippen LogP contribution in [-0.2, 0) is 15.8 Å². The van der Waals surface area contributed by atoms with Gasteiger partial charge in [0.25, 0.3) is 0 Å². The molecule has 0 aliphatic rings. The van der Waals surface area contributed by atoms with Crippen molar-refractivity contribution in [2.24, 2.45) is 0 Å². The molecule has 0 radical (unpaired) electrons. The molecule has 0 heterocycles. The fraction of sp³-hybridized carbons (Fsp3) is 0.250. The highest BCUT2D eigenvalue weighted by Crippen LogP contribution is 2.19.